The number of amides is 2. The van der Waals surface area contributed by atoms with Crippen LogP contribution in [0.4, 0.5) is 0 Å². The summed E-state index contributed by atoms with van der Waals surface area (Å²) in [6.45, 7) is 4.20. The Bertz CT molecular complexity index is 905. The van der Waals surface area contributed by atoms with E-state index in [1.807, 2.05) is 19.1 Å². The minimum Gasteiger partial charge on any atom is -0.493 e. The molecular formula is C22H24N2O4. The van der Waals surface area contributed by atoms with Crippen molar-refractivity contribution >= 4 is 11.8 Å². The Kier molecular flexibility index (Phi) is 4.81. The third-order valence-corrected chi connectivity index (χ3v) is 5.59. The maximum atomic E-state index is 12.7. The zero-order chi connectivity index (χ0) is 19.8. The molecule has 6 nitrogen and oxygen atoms in total. The van der Waals surface area contributed by atoms with Gasteiger partial charge in [-0.1, -0.05) is 12.1 Å². The standard InChI is InChI=1S/C22H24N2O4/c1-14(24-21(25)17-6-4-5-7-18(17)22(24)26)12-23-9-8-15-10-19(27-2)20(28-3)11-16(15)13-23/h4-7,10-11,14H,8-9,12-13H2,1-3H3. The summed E-state index contributed by atoms with van der Waals surface area (Å²) in [5, 5.41) is 0. The van der Waals surface area contributed by atoms with Crippen molar-refractivity contribution in [3.05, 3.63) is 58.7 Å². The molecule has 1 atom stereocenters. The maximum absolute atomic E-state index is 12.7. The van der Waals surface area contributed by atoms with Gasteiger partial charge in [-0.15, -0.1) is 0 Å². The van der Waals surface area contributed by atoms with Crippen LogP contribution in [0.2, 0.25) is 0 Å². The van der Waals surface area contributed by atoms with Gasteiger partial charge < -0.3 is 9.47 Å². The van der Waals surface area contributed by atoms with E-state index in [0.717, 1.165) is 31.0 Å². The Morgan fingerprint density at radius 1 is 0.964 bits per heavy atom. The summed E-state index contributed by atoms with van der Waals surface area (Å²) in [5.41, 5.74) is 3.45. The number of rotatable bonds is 5. The minimum absolute atomic E-state index is 0.197. The monoisotopic (exact) mass is 380 g/mol. The number of carbonyl (C=O) groups excluding carboxylic acids is 2. The van der Waals surface area contributed by atoms with Gasteiger partial charge in [0.1, 0.15) is 0 Å². The van der Waals surface area contributed by atoms with Crippen molar-refractivity contribution in [1.29, 1.82) is 0 Å². The van der Waals surface area contributed by atoms with Crippen LogP contribution in [0.5, 0.6) is 11.5 Å². The van der Waals surface area contributed by atoms with Crippen LogP contribution in [0.1, 0.15) is 38.8 Å². The van der Waals surface area contributed by atoms with Gasteiger partial charge in [-0.2, -0.15) is 0 Å². The van der Waals surface area contributed by atoms with Crippen LogP contribution in [0.3, 0.4) is 0 Å². The predicted octanol–water partition coefficient (Wildman–Crippen LogP) is 2.75. The fourth-order valence-corrected chi connectivity index (χ4v) is 4.16. The molecule has 6 heteroatoms. The lowest BCUT2D eigenvalue weighted by molar-refractivity contribution is 0.0554. The molecule has 28 heavy (non-hydrogen) atoms. The van der Waals surface area contributed by atoms with Crippen molar-refractivity contribution < 1.29 is 19.1 Å². The highest BCUT2D eigenvalue weighted by Gasteiger charge is 2.38. The van der Waals surface area contributed by atoms with Gasteiger partial charge in [0.2, 0.25) is 0 Å². The summed E-state index contributed by atoms with van der Waals surface area (Å²) in [5.74, 6) is 1.07. The Balaban J connectivity index is 1.49. The number of ether oxygens (including phenoxy) is 2. The number of imide groups is 1. The van der Waals surface area contributed by atoms with Crippen LogP contribution < -0.4 is 9.47 Å². The quantitative estimate of drug-likeness (QED) is 0.747. The topological polar surface area (TPSA) is 59.1 Å². The van der Waals surface area contributed by atoms with E-state index in [2.05, 4.69) is 4.90 Å². The maximum Gasteiger partial charge on any atom is 0.261 e. The molecule has 0 aliphatic carbocycles. The van der Waals surface area contributed by atoms with E-state index in [1.54, 1.807) is 38.5 Å². The van der Waals surface area contributed by atoms with Crippen LogP contribution in [0, 0.1) is 0 Å². The van der Waals surface area contributed by atoms with E-state index in [9.17, 15) is 9.59 Å². The Labute approximate surface area is 164 Å². The van der Waals surface area contributed by atoms with Gasteiger partial charge in [-0.05, 0) is 48.7 Å². The van der Waals surface area contributed by atoms with E-state index in [4.69, 9.17) is 9.47 Å². The summed E-state index contributed by atoms with van der Waals surface area (Å²) in [7, 11) is 3.28. The second-order valence-corrected chi connectivity index (χ2v) is 7.34. The second kappa shape index (κ2) is 7.28. The molecular weight excluding hydrogens is 356 g/mol. The van der Waals surface area contributed by atoms with Crippen molar-refractivity contribution in [3.63, 3.8) is 0 Å². The molecule has 0 saturated heterocycles. The van der Waals surface area contributed by atoms with Crippen molar-refractivity contribution in [2.75, 3.05) is 27.3 Å². The fourth-order valence-electron chi connectivity index (χ4n) is 4.16. The molecule has 0 aromatic heterocycles. The lowest BCUT2D eigenvalue weighted by Gasteiger charge is -2.33. The van der Waals surface area contributed by atoms with Crippen molar-refractivity contribution in [2.45, 2.75) is 25.9 Å². The van der Waals surface area contributed by atoms with Crippen LogP contribution in [0.15, 0.2) is 36.4 Å². The lowest BCUT2D eigenvalue weighted by Crippen LogP contribution is -2.46. The fraction of sp³-hybridized carbons (Fsp3) is 0.364. The smallest absolute Gasteiger partial charge is 0.261 e. The number of fused-ring (bicyclic) bond motifs is 2. The molecule has 4 rings (SSSR count). The molecule has 0 radical (unpaired) electrons. The van der Waals surface area contributed by atoms with E-state index >= 15 is 0 Å². The molecule has 0 N–H and O–H groups in total. The summed E-state index contributed by atoms with van der Waals surface area (Å²) in [4.78, 5) is 29.1. The Hall–Kier alpha value is -2.86. The average Bonchev–Trinajstić information content (AvgIpc) is 2.97. The molecule has 0 bridgehead atoms. The molecule has 2 amide bonds. The van der Waals surface area contributed by atoms with Gasteiger partial charge in [0.25, 0.3) is 11.8 Å². The highest BCUT2D eigenvalue weighted by molar-refractivity contribution is 6.21. The first-order valence-corrected chi connectivity index (χ1v) is 9.46. The summed E-state index contributed by atoms with van der Waals surface area (Å²) >= 11 is 0. The first kappa shape index (κ1) is 18.5. The van der Waals surface area contributed by atoms with Crippen molar-refractivity contribution in [1.82, 2.24) is 9.80 Å². The van der Waals surface area contributed by atoms with E-state index < -0.39 is 0 Å². The van der Waals surface area contributed by atoms with Gasteiger partial charge in [0.05, 0.1) is 31.4 Å². The molecule has 2 aliphatic heterocycles. The van der Waals surface area contributed by atoms with Crippen molar-refractivity contribution in [2.24, 2.45) is 0 Å². The van der Waals surface area contributed by atoms with Crippen LogP contribution >= 0.6 is 0 Å². The molecule has 2 aliphatic rings. The third kappa shape index (κ3) is 3.03. The van der Waals surface area contributed by atoms with Gasteiger partial charge >= 0.3 is 0 Å². The molecule has 0 saturated carbocycles. The summed E-state index contributed by atoms with van der Waals surface area (Å²) in [6.07, 6.45) is 0.893. The minimum atomic E-state index is -0.200. The lowest BCUT2D eigenvalue weighted by atomic mass is 9.98. The Morgan fingerprint density at radius 2 is 1.54 bits per heavy atom. The molecule has 146 valence electrons. The van der Waals surface area contributed by atoms with Gasteiger partial charge in [0.15, 0.2) is 11.5 Å². The highest BCUT2D eigenvalue weighted by Crippen LogP contribution is 2.33. The zero-order valence-electron chi connectivity index (χ0n) is 16.4. The van der Waals surface area contributed by atoms with E-state index in [1.165, 1.54) is 16.0 Å². The number of carbonyl (C=O) groups is 2. The number of hydrogen-bond donors (Lipinski definition) is 0. The van der Waals surface area contributed by atoms with E-state index in [0.29, 0.717) is 17.7 Å². The molecule has 0 spiro atoms. The third-order valence-electron chi connectivity index (χ3n) is 5.59. The van der Waals surface area contributed by atoms with Gasteiger partial charge in [-0.25, -0.2) is 0 Å². The normalized spacial score (nSPS) is 17.3. The SMILES string of the molecule is COc1cc2c(cc1OC)CN(CC(C)N1C(=O)c3ccccc3C1=O)CC2. The van der Waals surface area contributed by atoms with Crippen molar-refractivity contribution in [3.8, 4) is 11.5 Å². The average molecular weight is 380 g/mol. The molecule has 0 fully saturated rings. The van der Waals surface area contributed by atoms with Gasteiger partial charge in [0, 0.05) is 19.6 Å². The number of hydrogen-bond acceptors (Lipinski definition) is 5. The van der Waals surface area contributed by atoms with Crippen LogP contribution in [-0.2, 0) is 13.0 Å². The number of benzene rings is 2. The molecule has 2 aromatic carbocycles. The highest BCUT2D eigenvalue weighted by atomic mass is 16.5. The summed E-state index contributed by atoms with van der Waals surface area (Å²) < 4.78 is 10.8. The Morgan fingerprint density at radius 3 is 2.11 bits per heavy atom. The van der Waals surface area contributed by atoms with Crippen LogP contribution in [-0.4, -0.2) is 55.0 Å². The largest absolute Gasteiger partial charge is 0.493 e. The number of nitrogens with zero attached hydrogens (tertiary/aromatic N) is 2. The second-order valence-electron chi connectivity index (χ2n) is 7.34. The predicted molar refractivity (Wildman–Crippen MR) is 105 cm³/mol. The number of methoxy groups -OCH3 is 2. The molecule has 1 unspecified atom stereocenters. The first-order valence-electron chi connectivity index (χ1n) is 9.46. The first-order chi connectivity index (χ1) is 13.5. The van der Waals surface area contributed by atoms with E-state index in [-0.39, 0.29) is 17.9 Å². The molecule has 2 heterocycles. The zero-order valence-corrected chi connectivity index (χ0v) is 16.4. The van der Waals surface area contributed by atoms with Crippen LogP contribution in [0.25, 0.3) is 0 Å². The molecule has 2 aromatic rings. The summed E-state index contributed by atoms with van der Waals surface area (Å²) in [6, 6.07) is 10.9. The van der Waals surface area contributed by atoms with Gasteiger partial charge in [-0.3, -0.25) is 19.4 Å².